The van der Waals surface area contributed by atoms with Crippen LogP contribution in [0.1, 0.15) is 45.1 Å². The number of allylic oxidation sites excluding steroid dienone is 2. The Morgan fingerprint density at radius 2 is 1.14 bits per heavy atom. The maximum atomic E-state index is 12.8. The van der Waals surface area contributed by atoms with Crippen LogP contribution in [-0.2, 0) is 20.2 Å². The number of hydrogen-bond donors (Lipinski definition) is 4. The molecule has 0 saturated heterocycles. The zero-order valence-corrected chi connectivity index (χ0v) is 34.2. The molecule has 0 aliphatic carbocycles. The lowest BCUT2D eigenvalue weighted by atomic mass is 10.1. The first kappa shape index (κ1) is 43.4. The number of nitrogens with zero attached hydrogens (tertiary/aromatic N) is 6. The predicted molar refractivity (Wildman–Crippen MR) is 222 cm³/mol. The molecule has 5 aromatic rings. The third-order valence-corrected chi connectivity index (χ3v) is 10.3. The molecule has 0 aromatic heterocycles. The van der Waals surface area contributed by atoms with Gasteiger partial charge in [0.2, 0.25) is 0 Å². The Balaban J connectivity index is 1.39. The van der Waals surface area contributed by atoms with Gasteiger partial charge in [0, 0.05) is 17.3 Å². The fraction of sp³-hybridized carbons (Fsp3) is 0.146. The number of ether oxygens (including phenoxy) is 1. The van der Waals surface area contributed by atoms with Gasteiger partial charge < -0.3 is 15.2 Å². The molecule has 0 radical (unpaired) electrons. The van der Waals surface area contributed by atoms with Gasteiger partial charge in [0.15, 0.2) is 0 Å². The minimum Gasteiger partial charge on any atom is -0.506 e. The first-order valence-electron chi connectivity index (χ1n) is 17.6. The van der Waals surface area contributed by atoms with Crippen LogP contribution < -0.4 is 10.1 Å². The summed E-state index contributed by atoms with van der Waals surface area (Å²) in [5, 5.41) is 39.0. The Bertz CT molecular complexity index is 2820. The lowest BCUT2D eigenvalue weighted by Crippen LogP contribution is -2.21. The van der Waals surface area contributed by atoms with E-state index in [0.29, 0.717) is 50.6 Å². The van der Waals surface area contributed by atoms with E-state index in [4.69, 9.17) is 4.74 Å². The summed E-state index contributed by atoms with van der Waals surface area (Å²) in [6.07, 6.45) is 4.67. The number of benzene rings is 5. The van der Waals surface area contributed by atoms with Crippen LogP contribution >= 0.6 is 0 Å². The van der Waals surface area contributed by atoms with Crippen LogP contribution in [0.3, 0.4) is 0 Å². The minimum absolute atomic E-state index is 0.0779. The smallest absolute Gasteiger partial charge is 0.296 e. The van der Waals surface area contributed by atoms with Gasteiger partial charge >= 0.3 is 0 Å². The monoisotopic (exact) mass is 837 g/mol. The lowest BCUT2D eigenvalue weighted by molar-refractivity contribution is 0.0967. The van der Waals surface area contributed by atoms with Gasteiger partial charge in [-0.05, 0) is 135 Å². The number of phenols is 1. The molecule has 0 unspecified atom stereocenters. The average Bonchev–Trinajstić information content (AvgIpc) is 3.17. The van der Waals surface area contributed by atoms with Crippen molar-refractivity contribution in [3.8, 4) is 11.5 Å². The number of nitrogens with one attached hydrogen (secondary N) is 1. The van der Waals surface area contributed by atoms with Gasteiger partial charge in [-0.25, -0.2) is 0 Å². The number of aromatic hydroxyl groups is 1. The van der Waals surface area contributed by atoms with E-state index in [1.807, 2.05) is 0 Å². The molecule has 5 aromatic carbocycles. The van der Waals surface area contributed by atoms with Crippen molar-refractivity contribution in [2.75, 3.05) is 7.11 Å². The molecule has 0 bridgehead atoms. The molecule has 0 atom stereocenters. The van der Waals surface area contributed by atoms with Crippen molar-refractivity contribution in [2.45, 2.75) is 44.4 Å². The summed E-state index contributed by atoms with van der Waals surface area (Å²) in [6.45, 7) is 8.76. The first-order chi connectivity index (χ1) is 27.9. The second-order valence-electron chi connectivity index (χ2n) is 13.0. The Labute approximate surface area is 341 Å². The SMILES string of the molecule is C/C=C\C(=C/c1cc(O)c(N=Nc2cc(C)c(N=Nc3cc(C)c(N=Nc4ccc(OC)cc4S(=O)(=O)O)cc3C)cc2C)c(S(=O)(=O)O)c1)NC(=O)c1ccccc1. The van der Waals surface area contributed by atoms with Gasteiger partial charge in [-0.3, -0.25) is 13.9 Å². The topological polar surface area (TPSA) is 241 Å². The molecule has 0 fully saturated rings. The fourth-order valence-corrected chi connectivity index (χ4v) is 6.82. The number of methoxy groups -OCH3 is 1. The molecule has 0 spiro atoms. The molecule has 18 heteroatoms. The van der Waals surface area contributed by atoms with Crippen LogP contribution in [0.4, 0.5) is 34.1 Å². The van der Waals surface area contributed by atoms with Crippen LogP contribution in [0.25, 0.3) is 6.08 Å². The van der Waals surface area contributed by atoms with E-state index in [-0.39, 0.29) is 22.7 Å². The highest BCUT2D eigenvalue weighted by atomic mass is 32.2. The number of amides is 1. The molecule has 304 valence electrons. The highest BCUT2D eigenvalue weighted by Crippen LogP contribution is 2.39. The van der Waals surface area contributed by atoms with E-state index >= 15 is 0 Å². The third kappa shape index (κ3) is 11.0. The van der Waals surface area contributed by atoms with E-state index in [9.17, 15) is 35.8 Å². The second-order valence-corrected chi connectivity index (χ2v) is 15.8. The fourth-order valence-electron chi connectivity index (χ4n) is 5.50. The largest absolute Gasteiger partial charge is 0.506 e. The number of rotatable bonds is 13. The molecule has 1 amide bonds. The van der Waals surface area contributed by atoms with Gasteiger partial charge in [0.05, 0.1) is 29.9 Å². The minimum atomic E-state index is -4.91. The molecule has 5 rings (SSSR count). The van der Waals surface area contributed by atoms with E-state index in [1.165, 1.54) is 31.4 Å². The Morgan fingerprint density at radius 3 is 1.61 bits per heavy atom. The van der Waals surface area contributed by atoms with Crippen LogP contribution in [0.5, 0.6) is 11.5 Å². The summed E-state index contributed by atoms with van der Waals surface area (Å²) in [7, 11) is -8.16. The van der Waals surface area contributed by atoms with Crippen molar-refractivity contribution in [3.63, 3.8) is 0 Å². The van der Waals surface area contributed by atoms with E-state index < -0.39 is 47.4 Å². The van der Waals surface area contributed by atoms with Crippen LogP contribution in [0.15, 0.2) is 143 Å². The number of hydrogen-bond acceptors (Lipinski definition) is 13. The number of phenolic OH excluding ortho intramolecular Hbond substituents is 1. The van der Waals surface area contributed by atoms with E-state index in [0.717, 1.165) is 12.1 Å². The molecule has 16 nitrogen and oxygen atoms in total. The Kier molecular flexibility index (Phi) is 13.4. The molecule has 4 N–H and O–H groups in total. The van der Waals surface area contributed by atoms with Crippen molar-refractivity contribution in [2.24, 2.45) is 30.7 Å². The molecule has 0 heterocycles. The van der Waals surface area contributed by atoms with Gasteiger partial charge in [0.25, 0.3) is 26.1 Å². The molecule has 0 aliphatic rings. The number of carbonyl (C=O) groups excluding carboxylic acids is 1. The first-order valence-corrected chi connectivity index (χ1v) is 20.4. The van der Waals surface area contributed by atoms with E-state index in [2.05, 4.69) is 36.0 Å². The normalized spacial score (nSPS) is 12.6. The average molecular weight is 838 g/mol. The van der Waals surface area contributed by atoms with Gasteiger partial charge in [0.1, 0.15) is 32.7 Å². The number of carbonyl (C=O) groups is 1. The zero-order chi connectivity index (χ0) is 43.1. The summed E-state index contributed by atoms with van der Waals surface area (Å²) in [6, 6.07) is 21.6. The number of azo groups is 3. The molecule has 59 heavy (non-hydrogen) atoms. The van der Waals surface area contributed by atoms with Crippen LogP contribution in [0.2, 0.25) is 0 Å². The molecular weight excluding hydrogens is 799 g/mol. The summed E-state index contributed by atoms with van der Waals surface area (Å²) in [4.78, 5) is 11.6. The van der Waals surface area contributed by atoms with Crippen molar-refractivity contribution in [1.29, 1.82) is 0 Å². The lowest BCUT2D eigenvalue weighted by Gasteiger charge is -2.10. The highest BCUT2D eigenvalue weighted by Gasteiger charge is 2.21. The van der Waals surface area contributed by atoms with Crippen LogP contribution in [0, 0.1) is 27.7 Å². The summed E-state index contributed by atoms with van der Waals surface area (Å²) < 4.78 is 73.6. The van der Waals surface area contributed by atoms with Crippen molar-refractivity contribution < 1.29 is 40.6 Å². The standard InChI is InChI=1S/C41H39N7O9S2/c1-7-11-30(42-41(50)29-12-9-8-10-13-29)20-28-21-37(49)40(39(22-28)59(54,55)56)48-47-36-19-26(4)35(18-27(36)5)46-45-34-17-24(2)33(16-25(34)3)44-43-32-15-14-31(57-6)23-38(32)58(51,52)53/h7-23,49H,1-6H3,(H,42,50)(H,51,52,53)(H,54,55,56)/b11-7-,30-20+,44-43?,46-45?,48-47?. The third-order valence-electron chi connectivity index (χ3n) is 8.58. The summed E-state index contributed by atoms with van der Waals surface area (Å²) in [5.74, 6) is -0.785. The van der Waals surface area contributed by atoms with Crippen molar-refractivity contribution in [1.82, 2.24) is 5.32 Å². The highest BCUT2D eigenvalue weighted by molar-refractivity contribution is 7.86. The van der Waals surface area contributed by atoms with Crippen LogP contribution in [-0.4, -0.2) is 44.1 Å². The van der Waals surface area contributed by atoms with Crippen molar-refractivity contribution in [3.05, 3.63) is 136 Å². The maximum Gasteiger partial charge on any atom is 0.296 e. The quantitative estimate of drug-likeness (QED) is 0.0500. The number of aryl methyl sites for hydroxylation is 4. The van der Waals surface area contributed by atoms with Crippen molar-refractivity contribution >= 4 is 66.3 Å². The Hall–Kier alpha value is -6.73. The van der Waals surface area contributed by atoms with Gasteiger partial charge in [-0.2, -0.15) is 37.3 Å². The van der Waals surface area contributed by atoms with Gasteiger partial charge in [-0.15, -0.1) is 10.2 Å². The summed E-state index contributed by atoms with van der Waals surface area (Å²) in [5.41, 5.74) is 4.57. The molecule has 0 saturated carbocycles. The molecule has 0 aliphatic heterocycles. The van der Waals surface area contributed by atoms with E-state index in [1.54, 1.807) is 101 Å². The predicted octanol–water partition coefficient (Wildman–Crippen LogP) is 10.7. The maximum absolute atomic E-state index is 12.8. The Morgan fingerprint density at radius 1 is 0.644 bits per heavy atom. The van der Waals surface area contributed by atoms with Gasteiger partial charge in [-0.1, -0.05) is 24.3 Å². The molecular formula is C41H39N7O9S2. The summed E-state index contributed by atoms with van der Waals surface area (Å²) >= 11 is 0. The second kappa shape index (κ2) is 18.2. The zero-order valence-electron chi connectivity index (χ0n) is 32.6.